The van der Waals surface area contributed by atoms with E-state index >= 15 is 0 Å². The number of aryl methyl sites for hydroxylation is 1. The molecular weight excluding hydrogens is 342 g/mol. The number of carbonyl (C=O) groups excluding carboxylic acids is 1. The Bertz CT molecular complexity index is 691. The molecule has 5 nitrogen and oxygen atoms in total. The second-order valence-electron chi connectivity index (χ2n) is 5.85. The first-order chi connectivity index (χ1) is 12.4. The van der Waals surface area contributed by atoms with Crippen LogP contribution < -0.4 is 14.8 Å². The zero-order chi connectivity index (χ0) is 18.9. The first kappa shape index (κ1) is 19.7. The van der Waals surface area contributed by atoms with Crippen molar-refractivity contribution in [3.05, 3.63) is 54.1 Å². The van der Waals surface area contributed by atoms with E-state index in [-0.39, 0.29) is 18.2 Å². The molecule has 0 fully saturated rings. The predicted octanol–water partition coefficient (Wildman–Crippen LogP) is 3.55. The number of alkyl halides is 2. The smallest absolute Gasteiger partial charge is 0.387 e. The number of likely N-dealkylation sites (N-methyl/N-ethyl adjacent to an activating group) is 1. The highest BCUT2D eigenvalue weighted by Gasteiger charge is 2.08. The van der Waals surface area contributed by atoms with Crippen molar-refractivity contribution in [1.29, 1.82) is 0 Å². The lowest BCUT2D eigenvalue weighted by Gasteiger charge is -2.17. The topological polar surface area (TPSA) is 50.8 Å². The maximum Gasteiger partial charge on any atom is 0.387 e. The minimum Gasteiger partial charge on any atom is -0.492 e. The van der Waals surface area contributed by atoms with Crippen molar-refractivity contribution in [2.75, 3.05) is 32.1 Å². The number of nitrogens with zero attached hydrogens (tertiary/aromatic N) is 1. The number of halogens is 2. The molecule has 0 unspecified atom stereocenters. The van der Waals surface area contributed by atoms with Crippen molar-refractivity contribution in [3.8, 4) is 11.5 Å². The number of ether oxygens (including phenoxy) is 2. The number of carbonyl (C=O) groups is 1. The quantitative estimate of drug-likeness (QED) is 0.739. The van der Waals surface area contributed by atoms with Crippen LogP contribution in [0.15, 0.2) is 48.5 Å². The number of hydrogen-bond donors (Lipinski definition) is 1. The summed E-state index contributed by atoms with van der Waals surface area (Å²) in [6.07, 6.45) is 0. The second kappa shape index (κ2) is 9.72. The summed E-state index contributed by atoms with van der Waals surface area (Å²) in [4.78, 5) is 13.8. The Labute approximate surface area is 151 Å². The van der Waals surface area contributed by atoms with E-state index < -0.39 is 6.61 Å². The highest BCUT2D eigenvalue weighted by Crippen LogP contribution is 2.17. The zero-order valence-electron chi connectivity index (χ0n) is 14.7. The van der Waals surface area contributed by atoms with E-state index in [0.29, 0.717) is 18.8 Å². The van der Waals surface area contributed by atoms with Gasteiger partial charge in [0.2, 0.25) is 5.91 Å². The minimum absolute atomic E-state index is 0.0448. The van der Waals surface area contributed by atoms with Crippen LogP contribution in [0, 0.1) is 6.92 Å². The van der Waals surface area contributed by atoms with Crippen LogP contribution in [0.4, 0.5) is 14.5 Å². The third-order valence-electron chi connectivity index (χ3n) is 3.54. The molecule has 140 valence electrons. The molecule has 0 saturated heterocycles. The Morgan fingerprint density at radius 2 is 1.69 bits per heavy atom. The third-order valence-corrected chi connectivity index (χ3v) is 3.54. The van der Waals surface area contributed by atoms with Crippen LogP contribution in [-0.2, 0) is 4.79 Å². The van der Waals surface area contributed by atoms with E-state index in [1.807, 2.05) is 43.1 Å². The molecule has 1 N–H and O–H groups in total. The molecule has 0 heterocycles. The molecule has 0 aliphatic carbocycles. The van der Waals surface area contributed by atoms with Gasteiger partial charge in [-0.3, -0.25) is 9.69 Å². The summed E-state index contributed by atoms with van der Waals surface area (Å²) in [6.45, 7) is 0.378. The van der Waals surface area contributed by atoms with E-state index in [9.17, 15) is 13.6 Å². The van der Waals surface area contributed by atoms with Crippen molar-refractivity contribution in [2.24, 2.45) is 0 Å². The van der Waals surface area contributed by atoms with Gasteiger partial charge in [-0.1, -0.05) is 17.7 Å². The van der Waals surface area contributed by atoms with Gasteiger partial charge in [0.05, 0.1) is 6.54 Å². The van der Waals surface area contributed by atoms with Gasteiger partial charge in [0.1, 0.15) is 18.1 Å². The number of nitrogens with one attached hydrogen (secondary N) is 1. The first-order valence-corrected chi connectivity index (χ1v) is 8.15. The van der Waals surface area contributed by atoms with Crippen molar-refractivity contribution < 1.29 is 23.0 Å². The molecule has 0 aliphatic heterocycles. The lowest BCUT2D eigenvalue weighted by molar-refractivity contribution is -0.117. The maximum atomic E-state index is 12.1. The monoisotopic (exact) mass is 364 g/mol. The first-order valence-electron chi connectivity index (χ1n) is 8.15. The van der Waals surface area contributed by atoms with Crippen LogP contribution in [0.3, 0.4) is 0 Å². The molecule has 0 saturated carbocycles. The van der Waals surface area contributed by atoms with Crippen LogP contribution in [0.1, 0.15) is 5.56 Å². The van der Waals surface area contributed by atoms with Crippen LogP contribution in [0.5, 0.6) is 11.5 Å². The molecular formula is C19H22F2N2O3. The fraction of sp³-hybridized carbons (Fsp3) is 0.316. The van der Waals surface area contributed by atoms with Gasteiger partial charge in [-0.05, 0) is 50.4 Å². The fourth-order valence-electron chi connectivity index (χ4n) is 2.20. The van der Waals surface area contributed by atoms with Gasteiger partial charge in [0, 0.05) is 12.2 Å². The van der Waals surface area contributed by atoms with Crippen molar-refractivity contribution >= 4 is 11.6 Å². The summed E-state index contributed by atoms with van der Waals surface area (Å²) < 4.78 is 34.1. The van der Waals surface area contributed by atoms with Gasteiger partial charge >= 0.3 is 6.61 Å². The third kappa shape index (κ3) is 7.06. The van der Waals surface area contributed by atoms with Gasteiger partial charge in [-0.25, -0.2) is 0 Å². The zero-order valence-corrected chi connectivity index (χ0v) is 14.7. The van der Waals surface area contributed by atoms with Gasteiger partial charge in [-0.15, -0.1) is 0 Å². The molecule has 7 heteroatoms. The highest BCUT2D eigenvalue weighted by atomic mass is 19.3. The summed E-state index contributed by atoms with van der Waals surface area (Å²) in [5.41, 5.74) is 1.68. The second-order valence-corrected chi connectivity index (χ2v) is 5.85. The lowest BCUT2D eigenvalue weighted by atomic mass is 10.2. The summed E-state index contributed by atoms with van der Waals surface area (Å²) in [5, 5.41) is 2.70. The Hall–Kier alpha value is -2.67. The number of rotatable bonds is 9. The molecule has 0 aromatic heterocycles. The number of hydrogen-bond acceptors (Lipinski definition) is 4. The molecule has 0 bridgehead atoms. The molecule has 0 aliphatic rings. The van der Waals surface area contributed by atoms with Crippen LogP contribution in [0.25, 0.3) is 0 Å². The van der Waals surface area contributed by atoms with Crippen molar-refractivity contribution in [3.63, 3.8) is 0 Å². The van der Waals surface area contributed by atoms with Gasteiger partial charge < -0.3 is 14.8 Å². The van der Waals surface area contributed by atoms with Gasteiger partial charge in [0.25, 0.3) is 0 Å². The van der Waals surface area contributed by atoms with Crippen LogP contribution in [-0.4, -0.2) is 44.2 Å². The molecule has 2 aromatic carbocycles. The predicted molar refractivity (Wildman–Crippen MR) is 95.9 cm³/mol. The Kier molecular flexibility index (Phi) is 7.35. The lowest BCUT2D eigenvalue weighted by Crippen LogP contribution is -2.33. The summed E-state index contributed by atoms with van der Waals surface area (Å²) in [6, 6.07) is 13.5. The summed E-state index contributed by atoms with van der Waals surface area (Å²) in [5.74, 6) is 0.633. The van der Waals surface area contributed by atoms with E-state index in [2.05, 4.69) is 10.1 Å². The van der Waals surface area contributed by atoms with Crippen molar-refractivity contribution in [1.82, 2.24) is 4.90 Å². The highest BCUT2D eigenvalue weighted by molar-refractivity contribution is 5.92. The van der Waals surface area contributed by atoms with Crippen LogP contribution >= 0.6 is 0 Å². The Morgan fingerprint density at radius 3 is 2.31 bits per heavy atom. The number of benzene rings is 2. The molecule has 2 aromatic rings. The minimum atomic E-state index is -2.87. The van der Waals surface area contributed by atoms with Crippen LogP contribution in [0.2, 0.25) is 0 Å². The van der Waals surface area contributed by atoms with E-state index in [0.717, 1.165) is 5.75 Å². The molecule has 0 atom stereocenters. The molecule has 0 radical (unpaired) electrons. The van der Waals surface area contributed by atoms with Gasteiger partial charge in [0.15, 0.2) is 0 Å². The largest absolute Gasteiger partial charge is 0.492 e. The maximum absolute atomic E-state index is 12.1. The van der Waals surface area contributed by atoms with Gasteiger partial charge in [-0.2, -0.15) is 8.78 Å². The van der Waals surface area contributed by atoms with E-state index in [1.54, 1.807) is 0 Å². The average molecular weight is 364 g/mol. The fourth-order valence-corrected chi connectivity index (χ4v) is 2.20. The molecule has 26 heavy (non-hydrogen) atoms. The SMILES string of the molecule is Cc1ccc(OCCN(C)CC(=O)Nc2ccc(OC(F)F)cc2)cc1. The molecule has 1 amide bonds. The normalized spacial score (nSPS) is 10.8. The van der Waals surface area contributed by atoms with Crippen molar-refractivity contribution in [2.45, 2.75) is 13.5 Å². The molecule has 0 spiro atoms. The molecule has 2 rings (SSSR count). The number of amides is 1. The summed E-state index contributed by atoms with van der Waals surface area (Å²) >= 11 is 0. The standard InChI is InChI=1S/C19H22F2N2O3/c1-14-3-7-16(8-4-14)25-12-11-23(2)13-18(24)22-15-5-9-17(10-6-15)26-19(20)21/h3-10,19H,11-13H2,1-2H3,(H,22,24). The van der Waals surface area contributed by atoms with E-state index in [4.69, 9.17) is 4.74 Å². The Morgan fingerprint density at radius 1 is 1.08 bits per heavy atom. The summed E-state index contributed by atoms with van der Waals surface area (Å²) in [7, 11) is 1.82. The Balaban J connectivity index is 1.70. The number of anilines is 1. The van der Waals surface area contributed by atoms with E-state index in [1.165, 1.54) is 29.8 Å². The average Bonchev–Trinajstić information content (AvgIpc) is 2.58.